The Morgan fingerprint density at radius 3 is 1.08 bits per heavy atom. The van der Waals surface area contributed by atoms with Gasteiger partial charge in [-0.25, -0.2) is 4.90 Å². The molecule has 4 nitrogen and oxygen atoms in total. The number of dihydropyridines is 3. The third-order valence-electron chi connectivity index (χ3n) is 5.55. The van der Waals surface area contributed by atoms with Crippen molar-refractivity contribution >= 4 is 0 Å². The molecule has 0 spiro atoms. The summed E-state index contributed by atoms with van der Waals surface area (Å²) in [7, 11) is 0. The molecule has 3 aliphatic heterocycles. The molecule has 0 saturated heterocycles. The average Bonchev–Trinajstić information content (AvgIpc) is 2.70. The van der Waals surface area contributed by atoms with Crippen molar-refractivity contribution < 1.29 is 0 Å². The maximum absolute atomic E-state index is 3.66. The van der Waals surface area contributed by atoms with Crippen molar-refractivity contribution in [3.8, 4) is 0 Å². The lowest BCUT2D eigenvalue weighted by molar-refractivity contribution is -0.0830. The van der Waals surface area contributed by atoms with Crippen LogP contribution in [0.3, 0.4) is 0 Å². The van der Waals surface area contributed by atoms with E-state index in [1.807, 2.05) is 18.6 Å². The highest BCUT2D eigenvalue weighted by molar-refractivity contribution is 5.31. The van der Waals surface area contributed by atoms with E-state index in [-0.39, 0.29) is 17.0 Å². The molecule has 3 aliphatic rings. The van der Waals surface area contributed by atoms with Crippen molar-refractivity contribution in [3.63, 3.8) is 0 Å². The van der Waals surface area contributed by atoms with Crippen LogP contribution in [0.2, 0.25) is 0 Å². The van der Waals surface area contributed by atoms with Crippen molar-refractivity contribution in [2.24, 2.45) is 0 Å². The summed E-state index contributed by atoms with van der Waals surface area (Å²) in [5, 5.41) is 11.0. The highest BCUT2D eigenvalue weighted by atomic mass is 15.5. The zero-order chi connectivity index (χ0) is 17.8. The molecule has 3 N–H and O–H groups in total. The molecule has 0 fully saturated rings. The zero-order valence-electron chi connectivity index (χ0n) is 15.5. The zero-order valence-corrected chi connectivity index (χ0v) is 15.5. The second-order valence-corrected chi connectivity index (χ2v) is 6.76. The van der Waals surface area contributed by atoms with E-state index in [9.17, 15) is 0 Å². The van der Waals surface area contributed by atoms with Crippen LogP contribution in [-0.2, 0) is 0 Å². The molecule has 0 aromatic rings. The molecular formula is C21H30N4. The summed E-state index contributed by atoms with van der Waals surface area (Å²) in [6.45, 7) is 6.71. The number of hydrogen-bond donors (Lipinski definition) is 3. The molecule has 0 radical (unpaired) electrons. The smallest absolute Gasteiger partial charge is 0.114 e. The van der Waals surface area contributed by atoms with E-state index in [1.54, 1.807) is 0 Å². The Morgan fingerprint density at radius 2 is 0.880 bits per heavy atom. The van der Waals surface area contributed by atoms with E-state index in [2.05, 4.69) is 96.3 Å². The number of nitrogens with one attached hydrogen (secondary N) is 3. The third-order valence-corrected chi connectivity index (χ3v) is 5.55. The van der Waals surface area contributed by atoms with Crippen LogP contribution in [0.5, 0.6) is 0 Å². The molecule has 0 aliphatic carbocycles. The third kappa shape index (κ3) is 2.85. The second kappa shape index (κ2) is 6.96. The first-order chi connectivity index (χ1) is 12.2. The van der Waals surface area contributed by atoms with E-state index in [4.69, 9.17) is 0 Å². The Kier molecular flexibility index (Phi) is 4.91. The molecule has 134 valence electrons. The van der Waals surface area contributed by atoms with Crippen LogP contribution in [0.4, 0.5) is 0 Å². The van der Waals surface area contributed by atoms with E-state index in [0.717, 1.165) is 19.3 Å². The molecule has 4 heteroatoms. The first-order valence-corrected chi connectivity index (χ1v) is 9.33. The number of allylic oxidation sites excluding steroid dienone is 6. The van der Waals surface area contributed by atoms with Crippen LogP contribution in [0.25, 0.3) is 0 Å². The molecule has 0 amide bonds. The number of nitrogens with zero attached hydrogens (tertiary/aromatic N) is 1. The molecule has 3 atom stereocenters. The summed E-state index contributed by atoms with van der Waals surface area (Å²) in [4.78, 5) is 2.56. The van der Waals surface area contributed by atoms with E-state index in [1.165, 1.54) is 0 Å². The van der Waals surface area contributed by atoms with Gasteiger partial charge in [-0.2, -0.15) is 0 Å². The van der Waals surface area contributed by atoms with Gasteiger partial charge in [-0.3, -0.25) is 0 Å². The van der Waals surface area contributed by atoms with Gasteiger partial charge in [0, 0.05) is 0 Å². The lowest BCUT2D eigenvalue weighted by Gasteiger charge is -2.60. The quantitative estimate of drug-likeness (QED) is 0.692. The Bertz CT molecular complexity index is 566. The molecule has 0 saturated carbocycles. The van der Waals surface area contributed by atoms with Crippen LogP contribution in [0.1, 0.15) is 40.0 Å². The molecule has 0 bridgehead atoms. The van der Waals surface area contributed by atoms with Crippen molar-refractivity contribution in [1.29, 1.82) is 0 Å². The summed E-state index contributed by atoms with van der Waals surface area (Å²) in [5.74, 6) is 0. The Labute approximate surface area is 151 Å². The molecule has 3 heterocycles. The molecule has 3 rings (SSSR count). The Balaban J connectivity index is 2.18. The fourth-order valence-corrected chi connectivity index (χ4v) is 4.15. The minimum atomic E-state index is -0.300. The van der Waals surface area contributed by atoms with E-state index in [0.29, 0.717) is 0 Å². The van der Waals surface area contributed by atoms with Crippen molar-refractivity contribution in [1.82, 2.24) is 20.9 Å². The van der Waals surface area contributed by atoms with Crippen molar-refractivity contribution in [2.75, 3.05) is 0 Å². The predicted octanol–water partition coefficient (Wildman–Crippen LogP) is 3.63. The van der Waals surface area contributed by atoms with Crippen molar-refractivity contribution in [2.45, 2.75) is 57.0 Å². The van der Waals surface area contributed by atoms with Crippen LogP contribution in [-0.4, -0.2) is 21.9 Å². The lowest BCUT2D eigenvalue weighted by atomic mass is 9.86. The monoisotopic (exact) mass is 338 g/mol. The highest BCUT2D eigenvalue weighted by Crippen LogP contribution is 2.40. The van der Waals surface area contributed by atoms with Gasteiger partial charge in [0.15, 0.2) is 0 Å². The van der Waals surface area contributed by atoms with Gasteiger partial charge in [0.1, 0.15) is 17.0 Å². The maximum Gasteiger partial charge on any atom is 0.114 e. The molecule has 0 aromatic carbocycles. The van der Waals surface area contributed by atoms with Gasteiger partial charge < -0.3 is 16.0 Å². The van der Waals surface area contributed by atoms with Gasteiger partial charge in [0.25, 0.3) is 0 Å². The lowest BCUT2D eigenvalue weighted by Crippen LogP contribution is -2.77. The first-order valence-electron chi connectivity index (χ1n) is 9.33. The SMILES string of the molecule is CCC1(N(C2(CC)C=CC=CN2)C2(CC)C=CC=CN2)C=CC=CN1. The predicted molar refractivity (Wildman–Crippen MR) is 105 cm³/mol. The summed E-state index contributed by atoms with van der Waals surface area (Å²) in [5.41, 5.74) is -0.899. The fourth-order valence-electron chi connectivity index (χ4n) is 4.15. The van der Waals surface area contributed by atoms with Gasteiger partial charge in [-0.1, -0.05) is 39.0 Å². The summed E-state index contributed by atoms with van der Waals surface area (Å²) >= 11 is 0. The van der Waals surface area contributed by atoms with Crippen LogP contribution < -0.4 is 16.0 Å². The summed E-state index contributed by atoms with van der Waals surface area (Å²) in [6, 6.07) is 0. The Hall–Kier alpha value is -2.20. The van der Waals surface area contributed by atoms with E-state index < -0.39 is 0 Å². The van der Waals surface area contributed by atoms with Gasteiger partial charge in [-0.05, 0) is 74.3 Å². The minimum Gasteiger partial charge on any atom is -0.370 e. The van der Waals surface area contributed by atoms with Gasteiger partial charge in [-0.15, -0.1) is 0 Å². The van der Waals surface area contributed by atoms with Crippen LogP contribution in [0, 0.1) is 0 Å². The molecular weight excluding hydrogens is 308 g/mol. The van der Waals surface area contributed by atoms with Crippen LogP contribution in [0.15, 0.2) is 73.3 Å². The second-order valence-electron chi connectivity index (χ2n) is 6.76. The van der Waals surface area contributed by atoms with Gasteiger partial charge in [0.05, 0.1) is 0 Å². The summed E-state index contributed by atoms with van der Waals surface area (Å²) < 4.78 is 0. The molecule has 0 aromatic heterocycles. The number of rotatable bonds is 6. The van der Waals surface area contributed by atoms with Gasteiger partial charge in [0.2, 0.25) is 0 Å². The number of hydrogen-bond acceptors (Lipinski definition) is 4. The van der Waals surface area contributed by atoms with E-state index >= 15 is 0 Å². The highest BCUT2D eigenvalue weighted by Gasteiger charge is 2.53. The van der Waals surface area contributed by atoms with Gasteiger partial charge >= 0.3 is 0 Å². The normalized spacial score (nSPS) is 35.5. The summed E-state index contributed by atoms with van der Waals surface area (Å²) in [6.07, 6.45) is 28.4. The van der Waals surface area contributed by atoms with Crippen LogP contribution >= 0.6 is 0 Å². The maximum atomic E-state index is 3.66. The standard InChI is InChI=1S/C21H30N4/c1-4-19(13-7-10-16-22-19)25(20(5-2)14-8-11-17-23-20)21(6-3)15-9-12-18-24-21/h7-18,22-24H,4-6H2,1-3H3. The first kappa shape index (κ1) is 17.6. The topological polar surface area (TPSA) is 39.3 Å². The minimum absolute atomic E-state index is 0.300. The molecule has 25 heavy (non-hydrogen) atoms. The Morgan fingerprint density at radius 1 is 0.560 bits per heavy atom. The average molecular weight is 338 g/mol. The largest absolute Gasteiger partial charge is 0.370 e. The molecule has 3 unspecified atom stereocenters. The fraction of sp³-hybridized carbons (Fsp3) is 0.429. The van der Waals surface area contributed by atoms with Crippen molar-refractivity contribution in [3.05, 3.63) is 73.3 Å².